The summed E-state index contributed by atoms with van der Waals surface area (Å²) in [4.78, 5) is 12.1. The van der Waals surface area contributed by atoms with Gasteiger partial charge in [0.1, 0.15) is 0 Å². The van der Waals surface area contributed by atoms with E-state index in [0.29, 0.717) is 35.1 Å². The van der Waals surface area contributed by atoms with Crippen LogP contribution in [-0.2, 0) is 14.3 Å². The van der Waals surface area contributed by atoms with Crippen molar-refractivity contribution in [1.82, 2.24) is 0 Å². The van der Waals surface area contributed by atoms with Gasteiger partial charge >= 0.3 is 0 Å². The minimum atomic E-state index is -0.301. The van der Waals surface area contributed by atoms with E-state index in [0.717, 1.165) is 50.0 Å². The van der Waals surface area contributed by atoms with E-state index < -0.39 is 0 Å². The Morgan fingerprint density at radius 1 is 1.00 bits per heavy atom. The van der Waals surface area contributed by atoms with Gasteiger partial charge in [-0.3, -0.25) is 4.79 Å². The summed E-state index contributed by atoms with van der Waals surface area (Å²) in [6, 6.07) is 0. The number of hydrogen-bond acceptors (Lipinski definition) is 3. The quantitative estimate of drug-likeness (QED) is 0.495. The third-order valence-electron chi connectivity index (χ3n) is 11.2. The number of allylic oxidation sites excluding steroid dienone is 1. The molecular formula is C27H40O3. The van der Waals surface area contributed by atoms with E-state index in [9.17, 15) is 4.79 Å². The highest BCUT2D eigenvalue weighted by Crippen LogP contribution is 2.70. The van der Waals surface area contributed by atoms with Crippen LogP contribution in [0.2, 0.25) is 0 Å². The smallest absolute Gasteiger partial charge is 0.171 e. The third-order valence-corrected chi connectivity index (χ3v) is 11.2. The zero-order chi connectivity index (χ0) is 20.9. The van der Waals surface area contributed by atoms with Gasteiger partial charge in [-0.05, 0) is 91.4 Å². The zero-order valence-corrected chi connectivity index (χ0v) is 19.4. The molecule has 2 heterocycles. The van der Waals surface area contributed by atoms with Crippen LogP contribution < -0.4 is 0 Å². The predicted molar refractivity (Wildman–Crippen MR) is 117 cm³/mol. The SMILES string of the molecule is C[C@@H]1CC[C@@]2(OC1)O[C@H]1C[C@H]3[C@H]4CCC5=CC(=O)CC[C@]5(C)[C@@H]4CC[C@]3(C)[C@@H]1[C@@H]2C. The fourth-order valence-corrected chi connectivity index (χ4v) is 9.58. The van der Waals surface area contributed by atoms with E-state index in [1.165, 1.54) is 37.7 Å². The van der Waals surface area contributed by atoms with Crippen LogP contribution in [-0.4, -0.2) is 24.3 Å². The van der Waals surface area contributed by atoms with E-state index in [2.05, 4.69) is 27.7 Å². The van der Waals surface area contributed by atoms with Crippen LogP contribution in [0.1, 0.15) is 85.5 Å². The van der Waals surface area contributed by atoms with Crippen molar-refractivity contribution in [3.8, 4) is 0 Å². The Kier molecular flexibility index (Phi) is 4.29. The van der Waals surface area contributed by atoms with Gasteiger partial charge in [0.25, 0.3) is 0 Å². The van der Waals surface area contributed by atoms with Gasteiger partial charge in [-0.15, -0.1) is 0 Å². The molecule has 30 heavy (non-hydrogen) atoms. The largest absolute Gasteiger partial charge is 0.349 e. The molecule has 6 aliphatic rings. The average molecular weight is 413 g/mol. The first-order valence-electron chi connectivity index (χ1n) is 12.8. The van der Waals surface area contributed by atoms with E-state index in [4.69, 9.17) is 9.47 Å². The number of fused-ring (bicyclic) bond motifs is 7. The molecule has 1 spiro atoms. The topological polar surface area (TPSA) is 35.5 Å². The highest BCUT2D eigenvalue weighted by atomic mass is 16.7. The monoisotopic (exact) mass is 412 g/mol. The van der Waals surface area contributed by atoms with Crippen molar-refractivity contribution < 1.29 is 14.3 Å². The molecule has 2 aliphatic heterocycles. The maximum absolute atomic E-state index is 12.1. The van der Waals surface area contributed by atoms with Gasteiger partial charge in [0.15, 0.2) is 11.6 Å². The minimum Gasteiger partial charge on any atom is -0.349 e. The number of ether oxygens (including phenoxy) is 2. The second-order valence-corrected chi connectivity index (χ2v) is 12.5. The fraction of sp³-hybridized carbons (Fsp3) is 0.889. The Bertz CT molecular complexity index is 777. The fourth-order valence-electron chi connectivity index (χ4n) is 9.58. The zero-order valence-electron chi connectivity index (χ0n) is 19.4. The molecule has 3 heteroatoms. The Morgan fingerprint density at radius 2 is 1.83 bits per heavy atom. The van der Waals surface area contributed by atoms with Crippen molar-refractivity contribution in [2.45, 2.75) is 97.4 Å². The summed E-state index contributed by atoms with van der Waals surface area (Å²) in [5.74, 6) is 4.24. The first-order chi connectivity index (χ1) is 14.3. The van der Waals surface area contributed by atoms with Gasteiger partial charge < -0.3 is 9.47 Å². The number of carbonyl (C=O) groups is 1. The van der Waals surface area contributed by atoms with Crippen LogP contribution in [0.4, 0.5) is 0 Å². The van der Waals surface area contributed by atoms with E-state index >= 15 is 0 Å². The number of carbonyl (C=O) groups excluding carboxylic acids is 1. The molecule has 3 nitrogen and oxygen atoms in total. The van der Waals surface area contributed by atoms with Crippen molar-refractivity contribution in [2.75, 3.05) is 6.61 Å². The van der Waals surface area contributed by atoms with Crippen LogP contribution in [0, 0.1) is 46.3 Å². The summed E-state index contributed by atoms with van der Waals surface area (Å²) in [5, 5.41) is 0. The van der Waals surface area contributed by atoms with Crippen LogP contribution in [0.5, 0.6) is 0 Å². The maximum atomic E-state index is 12.1. The Hall–Kier alpha value is -0.670. The molecule has 0 unspecified atom stereocenters. The number of rotatable bonds is 0. The summed E-state index contributed by atoms with van der Waals surface area (Å²) in [5.41, 5.74) is 2.14. The summed E-state index contributed by atoms with van der Waals surface area (Å²) in [6.45, 7) is 10.7. The first kappa shape index (κ1) is 20.0. The molecular weight excluding hydrogens is 372 g/mol. The molecule has 166 valence electrons. The predicted octanol–water partition coefficient (Wildman–Crippen LogP) is 5.92. The van der Waals surface area contributed by atoms with E-state index in [1.54, 1.807) is 0 Å². The van der Waals surface area contributed by atoms with Gasteiger partial charge in [-0.25, -0.2) is 0 Å². The molecule has 0 radical (unpaired) electrons. The highest BCUT2D eigenvalue weighted by molar-refractivity contribution is 5.91. The van der Waals surface area contributed by atoms with Gasteiger partial charge in [-0.1, -0.05) is 33.3 Å². The number of ketones is 1. The molecule has 4 aliphatic carbocycles. The molecule has 6 rings (SSSR count). The molecule has 5 fully saturated rings. The molecule has 2 saturated heterocycles. The maximum Gasteiger partial charge on any atom is 0.171 e. The minimum absolute atomic E-state index is 0.270. The van der Waals surface area contributed by atoms with Crippen molar-refractivity contribution in [1.29, 1.82) is 0 Å². The molecule has 0 aromatic heterocycles. The summed E-state index contributed by atoms with van der Waals surface area (Å²) < 4.78 is 13.3. The average Bonchev–Trinajstić information content (AvgIpc) is 3.16. The van der Waals surface area contributed by atoms with Gasteiger partial charge in [0, 0.05) is 18.8 Å². The van der Waals surface area contributed by atoms with Gasteiger partial charge in [0.05, 0.1) is 12.7 Å². The van der Waals surface area contributed by atoms with Crippen LogP contribution >= 0.6 is 0 Å². The molecule has 0 aromatic rings. The molecule has 0 bridgehead atoms. The lowest BCUT2D eigenvalue weighted by atomic mass is 9.46. The number of hydrogen-bond donors (Lipinski definition) is 0. The Morgan fingerprint density at radius 3 is 2.60 bits per heavy atom. The molecule has 3 saturated carbocycles. The van der Waals surface area contributed by atoms with Crippen LogP contribution in [0.3, 0.4) is 0 Å². The highest BCUT2D eigenvalue weighted by Gasteiger charge is 2.68. The summed E-state index contributed by atoms with van der Waals surface area (Å²) in [6.07, 6.45) is 12.9. The van der Waals surface area contributed by atoms with Gasteiger partial charge in [-0.2, -0.15) is 0 Å². The lowest BCUT2D eigenvalue weighted by Gasteiger charge is -2.58. The van der Waals surface area contributed by atoms with Crippen molar-refractivity contribution in [2.24, 2.45) is 46.3 Å². The summed E-state index contributed by atoms with van der Waals surface area (Å²) in [7, 11) is 0. The Balaban J connectivity index is 1.28. The van der Waals surface area contributed by atoms with Gasteiger partial charge in [0.2, 0.25) is 0 Å². The molecule has 10 atom stereocenters. The van der Waals surface area contributed by atoms with Crippen molar-refractivity contribution in [3.63, 3.8) is 0 Å². The lowest BCUT2D eigenvalue weighted by Crippen LogP contribution is -2.52. The van der Waals surface area contributed by atoms with E-state index in [1.807, 2.05) is 6.08 Å². The van der Waals surface area contributed by atoms with Crippen LogP contribution in [0.25, 0.3) is 0 Å². The molecule has 0 aromatic carbocycles. The standard InChI is InChI=1S/C27H40O3/c1-16-7-12-27(29-15-16)17(2)24-23(30-27)14-22-20-6-5-18-13-19(28)8-10-25(18,3)21(20)9-11-26(22,24)4/h13,16-17,20-24H,5-12,14-15H2,1-4H3/t16-,17+,20+,21-,22+,23+,24-,25+,26+,27-/m1/s1. The van der Waals surface area contributed by atoms with E-state index in [-0.39, 0.29) is 11.2 Å². The van der Waals surface area contributed by atoms with Crippen molar-refractivity contribution in [3.05, 3.63) is 11.6 Å². The third kappa shape index (κ3) is 2.48. The Labute approximate surface area is 182 Å². The normalized spacial score (nSPS) is 57.4. The lowest BCUT2D eigenvalue weighted by molar-refractivity contribution is -0.272. The van der Waals surface area contributed by atoms with Crippen molar-refractivity contribution >= 4 is 5.78 Å². The second kappa shape index (κ2) is 6.44. The van der Waals surface area contributed by atoms with Crippen LogP contribution in [0.15, 0.2) is 11.6 Å². The first-order valence-corrected chi connectivity index (χ1v) is 12.8. The summed E-state index contributed by atoms with van der Waals surface area (Å²) >= 11 is 0. The molecule has 0 amide bonds. The molecule has 0 N–H and O–H groups in total. The second-order valence-electron chi connectivity index (χ2n) is 12.5.